The number of hydrogen-bond acceptors (Lipinski definition) is 4. The van der Waals surface area contributed by atoms with E-state index in [0.717, 1.165) is 0 Å². The molecule has 5 heteroatoms. The molecule has 21 heavy (non-hydrogen) atoms. The van der Waals surface area contributed by atoms with Gasteiger partial charge in [0.25, 0.3) is 5.91 Å². The summed E-state index contributed by atoms with van der Waals surface area (Å²) in [6, 6.07) is 15.9. The number of amides is 1. The molecule has 0 unspecified atom stereocenters. The molecular formula is C16H16N2O3. The van der Waals surface area contributed by atoms with Crippen LogP contribution in [0, 0.1) is 0 Å². The normalized spacial score (nSPS) is 11.0. The third kappa shape index (κ3) is 4.35. The number of phenolic OH excluding ortho intramolecular Hbond substituents is 1. The summed E-state index contributed by atoms with van der Waals surface area (Å²) in [7, 11) is 0. The SMILES string of the molecule is C/C(=N\NC(=O)COc1ccccc1)c1ccccc1O. The van der Waals surface area contributed by atoms with Crippen LogP contribution in [0.3, 0.4) is 0 Å². The first kappa shape index (κ1) is 14.6. The summed E-state index contributed by atoms with van der Waals surface area (Å²) in [5.74, 6) is 0.371. The quantitative estimate of drug-likeness (QED) is 0.654. The lowest BCUT2D eigenvalue weighted by Crippen LogP contribution is -2.25. The summed E-state index contributed by atoms with van der Waals surface area (Å²) < 4.78 is 5.30. The van der Waals surface area contributed by atoms with E-state index in [-0.39, 0.29) is 18.3 Å². The van der Waals surface area contributed by atoms with E-state index in [9.17, 15) is 9.90 Å². The maximum Gasteiger partial charge on any atom is 0.277 e. The maximum atomic E-state index is 11.6. The Hall–Kier alpha value is -2.82. The van der Waals surface area contributed by atoms with Gasteiger partial charge in [0, 0.05) is 5.56 Å². The predicted octanol–water partition coefficient (Wildman–Crippen LogP) is 2.31. The first-order valence-corrected chi connectivity index (χ1v) is 6.46. The van der Waals surface area contributed by atoms with Crippen LogP contribution < -0.4 is 10.2 Å². The molecule has 0 radical (unpaired) electrons. The maximum absolute atomic E-state index is 11.6. The molecule has 2 aromatic carbocycles. The molecule has 108 valence electrons. The number of hydrogen-bond donors (Lipinski definition) is 2. The van der Waals surface area contributed by atoms with E-state index in [4.69, 9.17) is 4.74 Å². The van der Waals surface area contributed by atoms with Crippen molar-refractivity contribution in [1.82, 2.24) is 5.43 Å². The number of nitrogens with one attached hydrogen (secondary N) is 1. The fraction of sp³-hybridized carbons (Fsp3) is 0.125. The van der Waals surface area contributed by atoms with E-state index in [1.165, 1.54) is 0 Å². The smallest absolute Gasteiger partial charge is 0.277 e. The molecule has 0 aliphatic rings. The Morgan fingerprint density at radius 1 is 1.14 bits per heavy atom. The second kappa shape index (κ2) is 7.09. The van der Waals surface area contributed by atoms with E-state index >= 15 is 0 Å². The van der Waals surface area contributed by atoms with Crippen LogP contribution in [0.5, 0.6) is 11.5 Å². The van der Waals surface area contributed by atoms with Crippen LogP contribution in [-0.4, -0.2) is 23.3 Å². The first-order valence-electron chi connectivity index (χ1n) is 6.46. The summed E-state index contributed by atoms with van der Waals surface area (Å²) in [6.07, 6.45) is 0. The highest BCUT2D eigenvalue weighted by molar-refractivity contribution is 6.01. The van der Waals surface area contributed by atoms with Crippen LogP contribution in [0.2, 0.25) is 0 Å². The van der Waals surface area contributed by atoms with E-state index < -0.39 is 0 Å². The molecule has 2 rings (SSSR count). The Morgan fingerprint density at radius 2 is 1.81 bits per heavy atom. The zero-order valence-electron chi connectivity index (χ0n) is 11.6. The summed E-state index contributed by atoms with van der Waals surface area (Å²) in [5.41, 5.74) is 3.48. The molecule has 5 nitrogen and oxygen atoms in total. The van der Waals surface area contributed by atoms with Gasteiger partial charge in [-0.15, -0.1) is 0 Å². The van der Waals surface area contributed by atoms with Crippen molar-refractivity contribution in [2.75, 3.05) is 6.61 Å². The molecule has 0 bridgehead atoms. The molecule has 1 amide bonds. The van der Waals surface area contributed by atoms with Crippen LogP contribution in [0.4, 0.5) is 0 Å². The van der Waals surface area contributed by atoms with Crippen LogP contribution in [0.25, 0.3) is 0 Å². The predicted molar refractivity (Wildman–Crippen MR) is 80.4 cm³/mol. The number of carbonyl (C=O) groups is 1. The number of aromatic hydroxyl groups is 1. The van der Waals surface area contributed by atoms with E-state index in [2.05, 4.69) is 10.5 Å². The minimum absolute atomic E-state index is 0.119. The van der Waals surface area contributed by atoms with Gasteiger partial charge in [0.1, 0.15) is 11.5 Å². The summed E-state index contributed by atoms with van der Waals surface area (Å²) in [4.78, 5) is 11.6. The Kier molecular flexibility index (Phi) is 4.93. The molecule has 0 aromatic heterocycles. The van der Waals surface area contributed by atoms with Crippen LogP contribution in [0.1, 0.15) is 12.5 Å². The zero-order chi connectivity index (χ0) is 15.1. The summed E-state index contributed by atoms with van der Waals surface area (Å²) in [6.45, 7) is 1.58. The monoisotopic (exact) mass is 284 g/mol. The fourth-order valence-corrected chi connectivity index (χ4v) is 1.68. The highest BCUT2D eigenvalue weighted by Gasteiger charge is 2.05. The van der Waals surface area contributed by atoms with Gasteiger partial charge in [-0.05, 0) is 31.2 Å². The molecule has 0 saturated heterocycles. The average Bonchev–Trinajstić information content (AvgIpc) is 2.52. The van der Waals surface area contributed by atoms with E-state index in [1.807, 2.05) is 18.2 Å². The van der Waals surface area contributed by atoms with Gasteiger partial charge in [-0.25, -0.2) is 5.43 Å². The first-order chi connectivity index (χ1) is 10.2. The summed E-state index contributed by atoms with van der Waals surface area (Å²) >= 11 is 0. The van der Waals surface area contributed by atoms with Gasteiger partial charge in [-0.1, -0.05) is 30.3 Å². The minimum atomic E-state index is -0.367. The van der Waals surface area contributed by atoms with Crippen molar-refractivity contribution in [3.05, 3.63) is 60.2 Å². The zero-order valence-corrected chi connectivity index (χ0v) is 11.6. The number of nitrogens with zero attached hydrogens (tertiary/aromatic N) is 1. The summed E-state index contributed by atoms with van der Waals surface area (Å²) in [5, 5.41) is 13.6. The third-order valence-corrected chi connectivity index (χ3v) is 2.76. The lowest BCUT2D eigenvalue weighted by atomic mass is 10.1. The number of benzene rings is 2. The van der Waals surface area contributed by atoms with Gasteiger partial charge in [0.15, 0.2) is 6.61 Å². The fourth-order valence-electron chi connectivity index (χ4n) is 1.68. The molecule has 0 aliphatic heterocycles. The number of hydrazone groups is 1. The number of rotatable bonds is 5. The van der Waals surface area contributed by atoms with Gasteiger partial charge in [0.05, 0.1) is 5.71 Å². The van der Waals surface area contributed by atoms with Crippen molar-refractivity contribution in [1.29, 1.82) is 0 Å². The topological polar surface area (TPSA) is 70.9 Å². The van der Waals surface area contributed by atoms with Crippen molar-refractivity contribution in [2.45, 2.75) is 6.92 Å². The van der Waals surface area contributed by atoms with E-state index in [1.54, 1.807) is 43.3 Å². The van der Waals surface area contributed by atoms with Gasteiger partial charge in [0.2, 0.25) is 0 Å². The van der Waals surface area contributed by atoms with Crippen molar-refractivity contribution in [3.63, 3.8) is 0 Å². The average molecular weight is 284 g/mol. The van der Waals surface area contributed by atoms with Gasteiger partial charge in [-0.3, -0.25) is 4.79 Å². The molecule has 0 spiro atoms. The Labute approximate surface area is 122 Å². The molecular weight excluding hydrogens is 268 g/mol. The Morgan fingerprint density at radius 3 is 2.52 bits per heavy atom. The number of phenols is 1. The lowest BCUT2D eigenvalue weighted by Gasteiger charge is -2.06. The molecule has 0 fully saturated rings. The highest BCUT2D eigenvalue weighted by Crippen LogP contribution is 2.16. The second-order valence-corrected chi connectivity index (χ2v) is 4.35. The number of para-hydroxylation sites is 2. The van der Waals surface area contributed by atoms with Gasteiger partial charge >= 0.3 is 0 Å². The molecule has 0 atom stereocenters. The van der Waals surface area contributed by atoms with Crippen LogP contribution in [0.15, 0.2) is 59.7 Å². The minimum Gasteiger partial charge on any atom is -0.507 e. The van der Waals surface area contributed by atoms with Crippen LogP contribution >= 0.6 is 0 Å². The van der Waals surface area contributed by atoms with Crippen molar-refractivity contribution < 1.29 is 14.6 Å². The van der Waals surface area contributed by atoms with Crippen LogP contribution in [-0.2, 0) is 4.79 Å². The largest absolute Gasteiger partial charge is 0.507 e. The van der Waals surface area contributed by atoms with Gasteiger partial charge in [-0.2, -0.15) is 5.10 Å². The molecule has 2 N–H and O–H groups in total. The van der Waals surface area contributed by atoms with E-state index in [0.29, 0.717) is 17.0 Å². The number of carbonyl (C=O) groups excluding carboxylic acids is 1. The lowest BCUT2D eigenvalue weighted by molar-refractivity contribution is -0.123. The standard InChI is InChI=1S/C16H16N2O3/c1-12(14-9-5-6-10-15(14)19)17-18-16(20)11-21-13-7-3-2-4-8-13/h2-10,19H,11H2,1H3,(H,18,20)/b17-12+. The molecule has 2 aromatic rings. The molecule has 0 saturated carbocycles. The van der Waals surface area contributed by atoms with Crippen molar-refractivity contribution in [3.8, 4) is 11.5 Å². The highest BCUT2D eigenvalue weighted by atomic mass is 16.5. The molecule has 0 heterocycles. The van der Waals surface area contributed by atoms with Gasteiger partial charge < -0.3 is 9.84 Å². The molecule has 0 aliphatic carbocycles. The third-order valence-electron chi connectivity index (χ3n) is 2.76. The number of ether oxygens (including phenoxy) is 1. The van der Waals surface area contributed by atoms with Crippen molar-refractivity contribution in [2.24, 2.45) is 5.10 Å². The van der Waals surface area contributed by atoms with Crippen molar-refractivity contribution >= 4 is 11.6 Å². The Balaban J connectivity index is 1.88. The Bertz CT molecular complexity index is 639. The second-order valence-electron chi connectivity index (χ2n) is 4.35.